The standard InChI is InChI=1S/C11H10O3/c1-7(13)9-4-8-2-3-14-11(8)10(5-9)6-12/h2-5,12H,6H2,1H3. The van der Waals surface area contributed by atoms with Gasteiger partial charge in [-0.25, -0.2) is 0 Å². The summed E-state index contributed by atoms with van der Waals surface area (Å²) < 4.78 is 5.20. The Bertz CT molecular complexity index is 482. The Morgan fingerprint density at radius 2 is 2.29 bits per heavy atom. The van der Waals surface area contributed by atoms with Gasteiger partial charge in [-0.05, 0) is 25.1 Å². The number of ketones is 1. The molecule has 2 aromatic rings. The smallest absolute Gasteiger partial charge is 0.159 e. The van der Waals surface area contributed by atoms with Gasteiger partial charge in [-0.2, -0.15) is 0 Å². The molecular weight excluding hydrogens is 180 g/mol. The van der Waals surface area contributed by atoms with Crippen LogP contribution in [0.15, 0.2) is 28.9 Å². The Morgan fingerprint density at radius 1 is 1.50 bits per heavy atom. The first-order valence-electron chi connectivity index (χ1n) is 4.34. The number of hydrogen-bond acceptors (Lipinski definition) is 3. The lowest BCUT2D eigenvalue weighted by molar-refractivity contribution is 0.101. The molecule has 3 heteroatoms. The molecular formula is C11H10O3. The van der Waals surface area contributed by atoms with Crippen molar-refractivity contribution in [2.45, 2.75) is 13.5 Å². The van der Waals surface area contributed by atoms with Crippen LogP contribution in [0.2, 0.25) is 0 Å². The van der Waals surface area contributed by atoms with Crippen molar-refractivity contribution in [1.82, 2.24) is 0 Å². The van der Waals surface area contributed by atoms with Crippen LogP contribution in [0.25, 0.3) is 11.0 Å². The first-order valence-corrected chi connectivity index (χ1v) is 4.34. The molecule has 0 fully saturated rings. The van der Waals surface area contributed by atoms with Crippen LogP contribution in [0.1, 0.15) is 22.8 Å². The van der Waals surface area contributed by atoms with Crippen LogP contribution < -0.4 is 0 Å². The summed E-state index contributed by atoms with van der Waals surface area (Å²) in [5, 5.41) is 9.94. The number of Topliss-reactive ketones (excluding diaryl/α,β-unsaturated/α-hetero) is 1. The molecule has 2 rings (SSSR count). The molecule has 14 heavy (non-hydrogen) atoms. The Kier molecular flexibility index (Phi) is 2.09. The Labute approximate surface area is 81.0 Å². The largest absolute Gasteiger partial charge is 0.464 e. The predicted octanol–water partition coefficient (Wildman–Crippen LogP) is 2.13. The number of fused-ring (bicyclic) bond motifs is 1. The minimum Gasteiger partial charge on any atom is -0.464 e. The molecule has 0 saturated heterocycles. The lowest BCUT2D eigenvalue weighted by Crippen LogP contribution is -1.94. The minimum absolute atomic E-state index is 0.0113. The predicted molar refractivity (Wildman–Crippen MR) is 52.1 cm³/mol. The first-order chi connectivity index (χ1) is 6.72. The number of carbonyl (C=O) groups excluding carboxylic acids is 1. The quantitative estimate of drug-likeness (QED) is 0.738. The number of hydrogen-bond donors (Lipinski definition) is 1. The third kappa shape index (κ3) is 1.32. The van der Waals surface area contributed by atoms with E-state index in [4.69, 9.17) is 9.52 Å². The zero-order chi connectivity index (χ0) is 10.1. The summed E-state index contributed by atoms with van der Waals surface area (Å²) >= 11 is 0. The van der Waals surface area contributed by atoms with E-state index in [9.17, 15) is 4.79 Å². The SMILES string of the molecule is CC(=O)c1cc(CO)c2occc2c1. The summed E-state index contributed by atoms with van der Waals surface area (Å²) in [6.45, 7) is 1.38. The summed E-state index contributed by atoms with van der Waals surface area (Å²) in [7, 11) is 0. The third-order valence-corrected chi connectivity index (χ3v) is 2.20. The third-order valence-electron chi connectivity index (χ3n) is 2.20. The second kappa shape index (κ2) is 3.27. The van der Waals surface area contributed by atoms with Gasteiger partial charge in [0.15, 0.2) is 5.78 Å². The summed E-state index contributed by atoms with van der Waals surface area (Å²) in [4.78, 5) is 11.2. The number of aliphatic hydroxyl groups is 1. The van der Waals surface area contributed by atoms with Crippen LogP contribution in [0.3, 0.4) is 0 Å². The average Bonchev–Trinajstić information content (AvgIpc) is 2.63. The lowest BCUT2D eigenvalue weighted by atomic mass is 10.1. The van der Waals surface area contributed by atoms with Crippen molar-refractivity contribution in [3.63, 3.8) is 0 Å². The van der Waals surface area contributed by atoms with Crippen molar-refractivity contribution >= 4 is 16.8 Å². The van der Waals surface area contributed by atoms with E-state index in [2.05, 4.69) is 0 Å². The van der Waals surface area contributed by atoms with Crippen molar-refractivity contribution in [3.8, 4) is 0 Å². The monoisotopic (exact) mass is 190 g/mol. The molecule has 0 atom stereocenters. The molecule has 72 valence electrons. The molecule has 0 saturated carbocycles. The maximum Gasteiger partial charge on any atom is 0.159 e. The van der Waals surface area contributed by atoms with Gasteiger partial charge in [0.1, 0.15) is 5.58 Å². The van der Waals surface area contributed by atoms with Crippen molar-refractivity contribution in [1.29, 1.82) is 0 Å². The fourth-order valence-electron chi connectivity index (χ4n) is 1.48. The molecule has 1 heterocycles. The van der Waals surface area contributed by atoms with Gasteiger partial charge in [-0.1, -0.05) is 0 Å². The molecule has 1 aromatic heterocycles. The van der Waals surface area contributed by atoms with Crippen LogP contribution in [0, 0.1) is 0 Å². The van der Waals surface area contributed by atoms with E-state index in [-0.39, 0.29) is 12.4 Å². The van der Waals surface area contributed by atoms with Crippen LogP contribution in [-0.4, -0.2) is 10.9 Å². The van der Waals surface area contributed by atoms with Crippen LogP contribution in [0.4, 0.5) is 0 Å². The highest BCUT2D eigenvalue weighted by atomic mass is 16.3. The number of benzene rings is 1. The van der Waals surface area contributed by atoms with Crippen molar-refractivity contribution in [2.24, 2.45) is 0 Å². The van der Waals surface area contributed by atoms with E-state index in [1.54, 1.807) is 24.5 Å². The van der Waals surface area contributed by atoms with Crippen molar-refractivity contribution in [2.75, 3.05) is 0 Å². The van der Waals surface area contributed by atoms with Gasteiger partial charge in [0, 0.05) is 16.5 Å². The van der Waals surface area contributed by atoms with Gasteiger partial charge >= 0.3 is 0 Å². The average molecular weight is 190 g/mol. The molecule has 0 amide bonds. The lowest BCUT2D eigenvalue weighted by Gasteiger charge is -2.01. The molecule has 0 aliphatic heterocycles. The Hall–Kier alpha value is -1.61. The van der Waals surface area contributed by atoms with Gasteiger partial charge in [0.25, 0.3) is 0 Å². The molecule has 0 aliphatic carbocycles. The molecule has 1 aromatic carbocycles. The molecule has 0 aliphatic rings. The van der Waals surface area contributed by atoms with E-state index in [0.29, 0.717) is 16.7 Å². The van der Waals surface area contributed by atoms with Crippen LogP contribution in [0.5, 0.6) is 0 Å². The Balaban J connectivity index is 2.73. The maximum absolute atomic E-state index is 11.2. The van der Waals surface area contributed by atoms with E-state index in [0.717, 1.165) is 5.39 Å². The first kappa shape index (κ1) is 8.97. The highest BCUT2D eigenvalue weighted by molar-refractivity contribution is 5.98. The summed E-state index contributed by atoms with van der Waals surface area (Å²) in [5.41, 5.74) is 1.90. The van der Waals surface area contributed by atoms with Crippen LogP contribution >= 0.6 is 0 Å². The summed E-state index contributed by atoms with van der Waals surface area (Å²) in [5.74, 6) is -0.0113. The van der Waals surface area contributed by atoms with Crippen molar-refractivity contribution < 1.29 is 14.3 Å². The van der Waals surface area contributed by atoms with E-state index in [1.807, 2.05) is 0 Å². The zero-order valence-electron chi connectivity index (χ0n) is 7.78. The molecule has 1 N–H and O–H groups in total. The van der Waals surface area contributed by atoms with Crippen molar-refractivity contribution in [3.05, 3.63) is 35.6 Å². The van der Waals surface area contributed by atoms with E-state index < -0.39 is 0 Å². The Morgan fingerprint density at radius 3 is 2.93 bits per heavy atom. The van der Waals surface area contributed by atoms with Gasteiger partial charge in [0.2, 0.25) is 0 Å². The summed E-state index contributed by atoms with van der Waals surface area (Å²) in [6, 6.07) is 5.20. The van der Waals surface area contributed by atoms with Gasteiger partial charge in [0.05, 0.1) is 12.9 Å². The van der Waals surface area contributed by atoms with Gasteiger partial charge < -0.3 is 9.52 Å². The number of rotatable bonds is 2. The fourth-order valence-corrected chi connectivity index (χ4v) is 1.48. The molecule has 3 nitrogen and oxygen atoms in total. The van der Waals surface area contributed by atoms with Gasteiger partial charge in [-0.3, -0.25) is 4.79 Å². The highest BCUT2D eigenvalue weighted by Gasteiger charge is 2.08. The highest BCUT2D eigenvalue weighted by Crippen LogP contribution is 2.22. The van der Waals surface area contributed by atoms with Crippen LogP contribution in [-0.2, 0) is 6.61 Å². The molecule has 0 radical (unpaired) electrons. The number of carbonyl (C=O) groups is 1. The topological polar surface area (TPSA) is 50.4 Å². The number of aliphatic hydroxyl groups excluding tert-OH is 1. The normalized spacial score (nSPS) is 10.7. The zero-order valence-corrected chi connectivity index (χ0v) is 7.78. The maximum atomic E-state index is 11.2. The minimum atomic E-state index is -0.120. The molecule has 0 unspecified atom stereocenters. The van der Waals surface area contributed by atoms with E-state index >= 15 is 0 Å². The molecule has 0 spiro atoms. The molecule has 0 bridgehead atoms. The fraction of sp³-hybridized carbons (Fsp3) is 0.182. The van der Waals surface area contributed by atoms with Gasteiger partial charge in [-0.15, -0.1) is 0 Å². The second-order valence-corrected chi connectivity index (χ2v) is 3.19. The van der Waals surface area contributed by atoms with E-state index in [1.165, 1.54) is 6.92 Å². The summed E-state index contributed by atoms with van der Waals surface area (Å²) in [6.07, 6.45) is 1.55. The number of furan rings is 1. The second-order valence-electron chi connectivity index (χ2n) is 3.19.